The van der Waals surface area contributed by atoms with Gasteiger partial charge in [0.2, 0.25) is 0 Å². The number of hydrogen-bond donors (Lipinski definition) is 3. The molecule has 0 aliphatic rings. The monoisotopic (exact) mass is 473 g/mol. The van der Waals surface area contributed by atoms with Crippen molar-refractivity contribution in [3.63, 3.8) is 0 Å². The highest BCUT2D eigenvalue weighted by atomic mass is 35.5. The molecule has 2 aromatic carbocycles. The Kier molecular flexibility index (Phi) is 7.77. The highest BCUT2D eigenvalue weighted by molar-refractivity contribution is 6.33. The first-order valence-electron chi connectivity index (χ1n) is 10.2. The number of carbonyl (C=O) groups is 2. The fourth-order valence-corrected chi connectivity index (χ4v) is 3.63. The fourth-order valence-electron chi connectivity index (χ4n) is 3.11. The average Bonchev–Trinajstić information content (AvgIpc) is 3.01. The van der Waals surface area contributed by atoms with Crippen LogP contribution in [0, 0.1) is 6.92 Å². The largest absolute Gasteiger partial charge is 0.348 e. The highest BCUT2D eigenvalue weighted by Crippen LogP contribution is 2.23. The van der Waals surface area contributed by atoms with Crippen molar-refractivity contribution in [2.75, 3.05) is 5.32 Å². The molecule has 0 unspecified atom stereocenters. The summed E-state index contributed by atoms with van der Waals surface area (Å²) in [5.41, 5.74) is 3.28. The molecule has 0 bridgehead atoms. The number of amides is 3. The minimum atomic E-state index is -0.309. The quantitative estimate of drug-likeness (QED) is 0.450. The van der Waals surface area contributed by atoms with Gasteiger partial charge >= 0.3 is 6.03 Å². The smallest absolute Gasteiger partial charge is 0.319 e. The Hall–Kier alpha value is -3.03. The second kappa shape index (κ2) is 10.5. The van der Waals surface area contributed by atoms with Crippen LogP contribution >= 0.6 is 23.2 Å². The molecule has 7 nitrogen and oxygen atoms in total. The second-order valence-corrected chi connectivity index (χ2v) is 8.40. The number of benzene rings is 2. The van der Waals surface area contributed by atoms with Crippen LogP contribution in [0.4, 0.5) is 10.5 Å². The van der Waals surface area contributed by atoms with E-state index in [-0.39, 0.29) is 23.1 Å². The second-order valence-electron chi connectivity index (χ2n) is 7.63. The predicted octanol–water partition coefficient (Wildman–Crippen LogP) is 5.01. The van der Waals surface area contributed by atoms with E-state index in [2.05, 4.69) is 21.0 Å². The molecule has 32 heavy (non-hydrogen) atoms. The topological polar surface area (TPSA) is 88.1 Å². The molecule has 3 aromatic rings. The molecule has 0 radical (unpaired) electrons. The first-order valence-corrected chi connectivity index (χ1v) is 10.9. The summed E-state index contributed by atoms with van der Waals surface area (Å²) in [6, 6.07) is 14.4. The van der Waals surface area contributed by atoms with Crippen molar-refractivity contribution in [1.82, 2.24) is 20.4 Å². The molecule has 0 aliphatic carbocycles. The zero-order valence-electron chi connectivity index (χ0n) is 18.1. The molecule has 1 heterocycles. The lowest BCUT2D eigenvalue weighted by atomic mass is 10.2. The normalized spacial score (nSPS) is 10.8. The van der Waals surface area contributed by atoms with Gasteiger partial charge in [-0.2, -0.15) is 5.10 Å². The van der Waals surface area contributed by atoms with E-state index in [9.17, 15) is 9.59 Å². The van der Waals surface area contributed by atoms with Crippen LogP contribution in [0.2, 0.25) is 10.2 Å². The summed E-state index contributed by atoms with van der Waals surface area (Å²) in [5.74, 6) is -0.309. The number of nitrogens with zero attached hydrogens (tertiary/aromatic N) is 2. The molecule has 1 aromatic heterocycles. The number of anilines is 1. The molecule has 0 fully saturated rings. The summed E-state index contributed by atoms with van der Waals surface area (Å²) in [6.07, 6.45) is 0. The molecule has 0 saturated carbocycles. The number of carbonyl (C=O) groups excluding carboxylic acids is 2. The molecule has 3 N–H and O–H groups in total. The Morgan fingerprint density at radius 1 is 1.06 bits per heavy atom. The summed E-state index contributed by atoms with van der Waals surface area (Å²) >= 11 is 12.7. The van der Waals surface area contributed by atoms with Crippen LogP contribution < -0.4 is 16.0 Å². The maximum Gasteiger partial charge on any atom is 0.319 e. The van der Waals surface area contributed by atoms with E-state index in [4.69, 9.17) is 23.2 Å². The first-order chi connectivity index (χ1) is 15.2. The molecule has 0 atom stereocenters. The van der Waals surface area contributed by atoms with Gasteiger partial charge in [0, 0.05) is 23.3 Å². The average molecular weight is 474 g/mol. The third-order valence-corrected chi connectivity index (χ3v) is 5.41. The van der Waals surface area contributed by atoms with E-state index in [1.807, 2.05) is 44.2 Å². The van der Waals surface area contributed by atoms with Crippen molar-refractivity contribution in [2.24, 2.45) is 0 Å². The zero-order chi connectivity index (χ0) is 23.3. The van der Waals surface area contributed by atoms with Gasteiger partial charge in [0.05, 0.1) is 17.8 Å². The van der Waals surface area contributed by atoms with Crippen LogP contribution in [-0.4, -0.2) is 27.8 Å². The van der Waals surface area contributed by atoms with E-state index < -0.39 is 0 Å². The van der Waals surface area contributed by atoms with Crippen molar-refractivity contribution in [3.8, 4) is 0 Å². The summed E-state index contributed by atoms with van der Waals surface area (Å²) in [4.78, 5) is 24.5. The molecule has 0 spiro atoms. The van der Waals surface area contributed by atoms with Gasteiger partial charge < -0.3 is 16.0 Å². The summed E-state index contributed by atoms with van der Waals surface area (Å²) in [7, 11) is 0. The number of halogens is 2. The molecule has 0 saturated heterocycles. The van der Waals surface area contributed by atoms with Gasteiger partial charge in [-0.1, -0.05) is 53.5 Å². The van der Waals surface area contributed by atoms with Crippen molar-refractivity contribution in [3.05, 3.63) is 81.1 Å². The van der Waals surface area contributed by atoms with Gasteiger partial charge in [0.15, 0.2) is 0 Å². The molecular weight excluding hydrogens is 449 g/mol. The molecule has 168 valence electrons. The predicted molar refractivity (Wildman–Crippen MR) is 127 cm³/mol. The van der Waals surface area contributed by atoms with Crippen molar-refractivity contribution in [2.45, 2.75) is 39.9 Å². The van der Waals surface area contributed by atoms with Gasteiger partial charge in [-0.05, 0) is 50.1 Å². The lowest BCUT2D eigenvalue weighted by molar-refractivity contribution is 0.0950. The van der Waals surface area contributed by atoms with Crippen LogP contribution in [0.25, 0.3) is 0 Å². The zero-order valence-corrected chi connectivity index (χ0v) is 19.6. The van der Waals surface area contributed by atoms with Gasteiger partial charge in [-0.15, -0.1) is 0 Å². The standard InChI is InChI=1S/C23H25Cl2N5O2/c1-14(2)27-23(32)28-18-10-8-16(9-11-18)12-26-22(31)20-15(3)29-30(21(20)25)13-17-6-4-5-7-19(17)24/h4-11,14H,12-13H2,1-3H3,(H,26,31)(H2,27,28,32). The maximum absolute atomic E-state index is 12.8. The van der Waals surface area contributed by atoms with Gasteiger partial charge in [0.1, 0.15) is 5.15 Å². The van der Waals surface area contributed by atoms with E-state index in [1.54, 1.807) is 29.8 Å². The molecule has 0 aliphatic heterocycles. The molecule has 3 amide bonds. The van der Waals surface area contributed by atoms with Gasteiger partial charge in [-0.3, -0.25) is 4.79 Å². The van der Waals surface area contributed by atoms with Crippen LogP contribution in [-0.2, 0) is 13.1 Å². The third kappa shape index (κ3) is 6.02. The molecule has 3 rings (SSSR count). The number of aryl methyl sites for hydroxylation is 1. The van der Waals surface area contributed by atoms with Crippen LogP contribution in [0.5, 0.6) is 0 Å². The Labute approximate surface area is 197 Å². The number of urea groups is 1. The van der Waals surface area contributed by atoms with Gasteiger partial charge in [-0.25, -0.2) is 9.48 Å². The Morgan fingerprint density at radius 3 is 2.41 bits per heavy atom. The van der Waals surface area contributed by atoms with E-state index in [0.717, 1.165) is 11.1 Å². The third-order valence-electron chi connectivity index (χ3n) is 4.66. The summed E-state index contributed by atoms with van der Waals surface area (Å²) in [5, 5.41) is 13.7. The first kappa shape index (κ1) is 23.6. The lowest BCUT2D eigenvalue weighted by Crippen LogP contribution is -2.34. The molecular formula is C23H25Cl2N5O2. The Bertz CT molecular complexity index is 1110. The maximum atomic E-state index is 12.8. The summed E-state index contributed by atoms with van der Waals surface area (Å²) in [6.45, 7) is 6.19. The number of hydrogen-bond acceptors (Lipinski definition) is 3. The van der Waals surface area contributed by atoms with Crippen molar-refractivity contribution >= 4 is 40.8 Å². The Morgan fingerprint density at radius 2 is 1.75 bits per heavy atom. The molecule has 9 heteroatoms. The summed E-state index contributed by atoms with van der Waals surface area (Å²) < 4.78 is 1.57. The van der Waals surface area contributed by atoms with E-state index >= 15 is 0 Å². The van der Waals surface area contributed by atoms with Crippen LogP contribution in [0.1, 0.15) is 41.0 Å². The fraction of sp³-hybridized carbons (Fsp3) is 0.261. The van der Waals surface area contributed by atoms with Crippen molar-refractivity contribution in [1.29, 1.82) is 0 Å². The van der Waals surface area contributed by atoms with Crippen molar-refractivity contribution < 1.29 is 9.59 Å². The minimum Gasteiger partial charge on any atom is -0.348 e. The minimum absolute atomic E-state index is 0.0498. The SMILES string of the molecule is Cc1nn(Cc2ccccc2Cl)c(Cl)c1C(=O)NCc1ccc(NC(=O)NC(C)C)cc1. The highest BCUT2D eigenvalue weighted by Gasteiger charge is 2.20. The Balaban J connectivity index is 1.62. The number of nitrogens with one attached hydrogen (secondary N) is 3. The van der Waals surface area contributed by atoms with Gasteiger partial charge in [0.25, 0.3) is 5.91 Å². The lowest BCUT2D eigenvalue weighted by Gasteiger charge is -2.11. The van der Waals surface area contributed by atoms with Crippen LogP contribution in [0.3, 0.4) is 0 Å². The van der Waals surface area contributed by atoms with E-state index in [0.29, 0.717) is 35.1 Å². The number of rotatable bonds is 7. The van der Waals surface area contributed by atoms with Crippen LogP contribution in [0.15, 0.2) is 48.5 Å². The van der Waals surface area contributed by atoms with E-state index in [1.165, 1.54) is 0 Å². The number of aromatic nitrogens is 2.